The van der Waals surface area contributed by atoms with Crippen molar-refractivity contribution >= 4 is 0 Å². The zero-order valence-corrected chi connectivity index (χ0v) is 13.3. The fourth-order valence-electron chi connectivity index (χ4n) is 2.38. The van der Waals surface area contributed by atoms with Crippen LogP contribution in [0, 0.1) is 5.41 Å². The van der Waals surface area contributed by atoms with Crippen molar-refractivity contribution in [3.05, 3.63) is 11.7 Å². The molecule has 0 radical (unpaired) electrons. The summed E-state index contributed by atoms with van der Waals surface area (Å²) in [4.78, 5) is 9.18. The summed E-state index contributed by atoms with van der Waals surface area (Å²) >= 11 is 0. The first-order valence-electron chi connectivity index (χ1n) is 7.24. The van der Waals surface area contributed by atoms with Crippen LogP contribution < -0.4 is 5.73 Å². The van der Waals surface area contributed by atoms with Gasteiger partial charge >= 0.3 is 0 Å². The minimum atomic E-state index is -0.226. The second-order valence-corrected chi connectivity index (χ2v) is 6.99. The largest absolute Gasteiger partial charge is 0.338 e. The molecule has 0 aliphatic carbocycles. The van der Waals surface area contributed by atoms with E-state index in [9.17, 15) is 0 Å². The van der Waals surface area contributed by atoms with Crippen molar-refractivity contribution < 1.29 is 4.52 Å². The highest BCUT2D eigenvalue weighted by Crippen LogP contribution is 2.29. The Morgan fingerprint density at radius 2 is 2.05 bits per heavy atom. The highest BCUT2D eigenvalue weighted by Gasteiger charge is 2.29. The molecule has 1 aromatic heterocycles. The van der Waals surface area contributed by atoms with Crippen LogP contribution in [-0.4, -0.2) is 59.7 Å². The summed E-state index contributed by atoms with van der Waals surface area (Å²) in [6.07, 6.45) is 0.807. The van der Waals surface area contributed by atoms with Gasteiger partial charge in [-0.2, -0.15) is 4.98 Å². The minimum Gasteiger partial charge on any atom is -0.338 e. The number of nitrogens with zero attached hydrogens (tertiary/aromatic N) is 4. The summed E-state index contributed by atoms with van der Waals surface area (Å²) < 4.78 is 5.34. The highest BCUT2D eigenvalue weighted by atomic mass is 16.5. The molecule has 2 heterocycles. The van der Waals surface area contributed by atoms with Gasteiger partial charge in [0.2, 0.25) is 5.89 Å². The SMILES string of the molecule is CN1CCN(C)C(Cc2noc([C@H](N)C(C)(C)C)n2)C1. The Hall–Kier alpha value is -0.980. The zero-order chi connectivity index (χ0) is 14.9. The molecule has 1 aromatic rings. The van der Waals surface area contributed by atoms with Crippen molar-refractivity contribution in [2.24, 2.45) is 11.1 Å². The van der Waals surface area contributed by atoms with E-state index >= 15 is 0 Å². The Bertz CT molecular complexity index is 439. The van der Waals surface area contributed by atoms with Crippen molar-refractivity contribution in [2.45, 2.75) is 39.3 Å². The molecule has 20 heavy (non-hydrogen) atoms. The average Bonchev–Trinajstić information content (AvgIpc) is 2.80. The van der Waals surface area contributed by atoms with Crippen LogP contribution in [0.4, 0.5) is 0 Å². The minimum absolute atomic E-state index is 0.0777. The smallest absolute Gasteiger partial charge is 0.244 e. The lowest BCUT2D eigenvalue weighted by atomic mass is 9.87. The molecule has 0 amide bonds. The van der Waals surface area contributed by atoms with Crippen LogP contribution in [0.2, 0.25) is 0 Å². The molecule has 114 valence electrons. The molecule has 6 heteroatoms. The van der Waals surface area contributed by atoms with Gasteiger partial charge in [-0.05, 0) is 19.5 Å². The third kappa shape index (κ3) is 3.56. The van der Waals surface area contributed by atoms with Gasteiger partial charge in [-0.1, -0.05) is 25.9 Å². The molecule has 2 atom stereocenters. The van der Waals surface area contributed by atoms with Crippen LogP contribution in [0.3, 0.4) is 0 Å². The molecular weight excluding hydrogens is 254 g/mol. The van der Waals surface area contributed by atoms with E-state index in [0.29, 0.717) is 11.9 Å². The van der Waals surface area contributed by atoms with E-state index in [-0.39, 0.29) is 11.5 Å². The molecule has 1 saturated heterocycles. The quantitative estimate of drug-likeness (QED) is 0.887. The first kappa shape index (κ1) is 15.4. The predicted octanol–water partition coefficient (Wildman–Crippen LogP) is 0.904. The summed E-state index contributed by atoms with van der Waals surface area (Å²) in [6.45, 7) is 9.45. The first-order chi connectivity index (χ1) is 9.27. The molecule has 1 aliphatic heterocycles. The molecule has 1 fully saturated rings. The van der Waals surface area contributed by atoms with E-state index in [1.54, 1.807) is 0 Å². The van der Waals surface area contributed by atoms with Gasteiger partial charge in [0, 0.05) is 32.1 Å². The van der Waals surface area contributed by atoms with Gasteiger partial charge in [0.1, 0.15) is 0 Å². The lowest BCUT2D eigenvalue weighted by molar-refractivity contribution is 0.113. The van der Waals surface area contributed by atoms with Crippen molar-refractivity contribution in [1.82, 2.24) is 19.9 Å². The van der Waals surface area contributed by atoms with Gasteiger partial charge in [0.15, 0.2) is 5.82 Å². The third-order valence-corrected chi connectivity index (χ3v) is 4.08. The van der Waals surface area contributed by atoms with Gasteiger partial charge in [-0.3, -0.25) is 0 Å². The summed E-state index contributed by atoms with van der Waals surface area (Å²) in [5, 5.41) is 4.09. The second-order valence-electron chi connectivity index (χ2n) is 6.99. The summed E-state index contributed by atoms with van der Waals surface area (Å²) in [6, 6.07) is 0.209. The summed E-state index contributed by atoms with van der Waals surface area (Å²) in [5.41, 5.74) is 6.08. The molecule has 0 spiro atoms. The van der Waals surface area contributed by atoms with Crippen molar-refractivity contribution in [1.29, 1.82) is 0 Å². The Kier molecular flexibility index (Phi) is 4.46. The Labute approximate surface area is 121 Å². The fourth-order valence-corrected chi connectivity index (χ4v) is 2.38. The number of nitrogens with two attached hydrogens (primary N) is 1. The van der Waals surface area contributed by atoms with Crippen LogP contribution in [0.1, 0.15) is 38.5 Å². The number of hydrogen-bond acceptors (Lipinski definition) is 6. The second kappa shape index (κ2) is 5.79. The standard InChI is InChI=1S/C14H27N5O/c1-14(2,3)12(15)13-16-11(17-20-13)8-10-9-18(4)6-7-19(10)5/h10,12H,6-9,15H2,1-5H3/t10?,12-/m0/s1. The lowest BCUT2D eigenvalue weighted by Crippen LogP contribution is -2.50. The molecule has 0 aromatic carbocycles. The van der Waals surface area contributed by atoms with Gasteiger partial charge in [-0.15, -0.1) is 0 Å². The number of aromatic nitrogens is 2. The van der Waals surface area contributed by atoms with Gasteiger partial charge in [-0.25, -0.2) is 0 Å². The van der Waals surface area contributed by atoms with Crippen LogP contribution in [0.25, 0.3) is 0 Å². The molecule has 6 nitrogen and oxygen atoms in total. The lowest BCUT2D eigenvalue weighted by Gasteiger charge is -2.37. The molecule has 1 unspecified atom stereocenters. The van der Waals surface area contributed by atoms with Gasteiger partial charge in [0.25, 0.3) is 0 Å². The van der Waals surface area contributed by atoms with E-state index in [1.165, 1.54) is 0 Å². The molecule has 2 N–H and O–H groups in total. The number of likely N-dealkylation sites (N-methyl/N-ethyl adjacent to an activating group) is 2. The Morgan fingerprint density at radius 3 is 2.70 bits per heavy atom. The van der Waals surface area contributed by atoms with Gasteiger partial charge < -0.3 is 20.1 Å². The average molecular weight is 281 g/mol. The van der Waals surface area contributed by atoms with Crippen LogP contribution in [-0.2, 0) is 6.42 Å². The maximum absolute atomic E-state index is 6.15. The summed E-state index contributed by atoms with van der Waals surface area (Å²) in [5.74, 6) is 1.30. The maximum Gasteiger partial charge on any atom is 0.244 e. The zero-order valence-electron chi connectivity index (χ0n) is 13.3. The van der Waals surface area contributed by atoms with Crippen molar-refractivity contribution in [3.8, 4) is 0 Å². The Balaban J connectivity index is 2.02. The van der Waals surface area contributed by atoms with E-state index in [2.05, 4.69) is 54.8 Å². The molecule has 1 aliphatic rings. The van der Waals surface area contributed by atoms with Crippen LogP contribution in [0.5, 0.6) is 0 Å². The van der Waals surface area contributed by atoms with E-state index in [4.69, 9.17) is 10.3 Å². The third-order valence-electron chi connectivity index (χ3n) is 4.08. The van der Waals surface area contributed by atoms with Crippen LogP contribution in [0.15, 0.2) is 4.52 Å². The van der Waals surface area contributed by atoms with Gasteiger partial charge in [0.05, 0.1) is 6.04 Å². The number of hydrogen-bond donors (Lipinski definition) is 1. The molecule has 2 rings (SSSR count). The predicted molar refractivity (Wildman–Crippen MR) is 78.3 cm³/mol. The first-order valence-corrected chi connectivity index (χ1v) is 7.24. The number of piperazine rings is 1. The topological polar surface area (TPSA) is 71.4 Å². The molecule has 0 saturated carbocycles. The molecular formula is C14H27N5O. The van der Waals surface area contributed by atoms with Crippen LogP contribution >= 0.6 is 0 Å². The van der Waals surface area contributed by atoms with E-state index in [0.717, 1.165) is 31.9 Å². The molecule has 0 bridgehead atoms. The number of rotatable bonds is 3. The highest BCUT2D eigenvalue weighted by molar-refractivity contribution is 4.98. The van der Waals surface area contributed by atoms with Crippen molar-refractivity contribution in [2.75, 3.05) is 33.7 Å². The van der Waals surface area contributed by atoms with E-state index < -0.39 is 0 Å². The monoisotopic (exact) mass is 281 g/mol. The fraction of sp³-hybridized carbons (Fsp3) is 0.857. The normalized spacial score (nSPS) is 24.0. The summed E-state index contributed by atoms with van der Waals surface area (Å²) in [7, 11) is 4.30. The van der Waals surface area contributed by atoms with Crippen molar-refractivity contribution in [3.63, 3.8) is 0 Å². The Morgan fingerprint density at radius 1 is 1.35 bits per heavy atom. The van der Waals surface area contributed by atoms with E-state index in [1.807, 2.05) is 0 Å². The maximum atomic E-state index is 6.15.